The fraction of sp³-hybridized carbons (Fsp3) is 0.432. The summed E-state index contributed by atoms with van der Waals surface area (Å²) in [7, 11) is 1.76. The fourth-order valence-electron chi connectivity index (χ4n) is 6.97. The average molecular weight is 644 g/mol. The molecule has 3 amide bonds. The van der Waals surface area contributed by atoms with Gasteiger partial charge in [-0.05, 0) is 86.9 Å². The SMILES string of the molecule is CCC(NC)C(=O)NC1C(=O)N2C(CCC1CCNCc1ccc(Cl)cc1)CCC2C(=O)NC(c1ccccc1)c1ccccc1. The molecule has 2 saturated heterocycles. The minimum atomic E-state index is -0.704. The van der Waals surface area contributed by atoms with Crippen LogP contribution in [0.3, 0.4) is 0 Å². The summed E-state index contributed by atoms with van der Waals surface area (Å²) in [5, 5.41) is 13.7. The number of nitrogens with zero attached hydrogens (tertiary/aromatic N) is 1. The number of hydrogen-bond acceptors (Lipinski definition) is 5. The highest BCUT2D eigenvalue weighted by Crippen LogP contribution is 2.36. The quantitative estimate of drug-likeness (QED) is 0.197. The van der Waals surface area contributed by atoms with Crippen LogP contribution >= 0.6 is 11.6 Å². The van der Waals surface area contributed by atoms with E-state index < -0.39 is 18.1 Å². The number of carbonyl (C=O) groups excluding carboxylic acids is 3. The first-order valence-corrected chi connectivity index (χ1v) is 16.9. The van der Waals surface area contributed by atoms with Crippen molar-refractivity contribution in [3.05, 3.63) is 107 Å². The molecule has 3 aromatic carbocycles. The topological polar surface area (TPSA) is 103 Å². The van der Waals surface area contributed by atoms with Gasteiger partial charge in [0.05, 0.1) is 12.1 Å². The van der Waals surface area contributed by atoms with Gasteiger partial charge in [0.15, 0.2) is 0 Å². The number of fused-ring (bicyclic) bond motifs is 1. The Hall–Kier alpha value is -3.72. The molecule has 5 atom stereocenters. The summed E-state index contributed by atoms with van der Waals surface area (Å²) in [6, 6.07) is 25.5. The molecular weight excluding hydrogens is 598 g/mol. The van der Waals surface area contributed by atoms with E-state index in [1.54, 1.807) is 11.9 Å². The lowest BCUT2D eigenvalue weighted by Gasteiger charge is -2.33. The van der Waals surface area contributed by atoms with Crippen molar-refractivity contribution < 1.29 is 14.4 Å². The van der Waals surface area contributed by atoms with Crippen LogP contribution in [0.25, 0.3) is 0 Å². The predicted octanol–water partition coefficient (Wildman–Crippen LogP) is 4.98. The lowest BCUT2D eigenvalue weighted by molar-refractivity contribution is -0.143. The molecule has 2 aliphatic rings. The summed E-state index contributed by atoms with van der Waals surface area (Å²) in [6.45, 7) is 3.33. The number of nitrogens with one attached hydrogen (secondary N) is 4. The highest BCUT2D eigenvalue weighted by atomic mass is 35.5. The molecule has 5 rings (SSSR count). The Bertz CT molecular complexity index is 1390. The van der Waals surface area contributed by atoms with Crippen LogP contribution in [0.5, 0.6) is 0 Å². The van der Waals surface area contributed by atoms with Crippen LogP contribution in [0.1, 0.15) is 68.2 Å². The Morgan fingerprint density at radius 3 is 2.13 bits per heavy atom. The zero-order valence-electron chi connectivity index (χ0n) is 26.8. The molecule has 3 aromatic rings. The number of carbonyl (C=O) groups is 3. The fourth-order valence-corrected chi connectivity index (χ4v) is 7.09. The maximum absolute atomic E-state index is 14.5. The van der Waals surface area contributed by atoms with Gasteiger partial charge in [-0.15, -0.1) is 0 Å². The molecule has 46 heavy (non-hydrogen) atoms. The molecule has 0 aliphatic carbocycles. The second kappa shape index (κ2) is 16.2. The molecule has 4 N–H and O–H groups in total. The number of halogens is 1. The van der Waals surface area contributed by atoms with Crippen LogP contribution in [-0.4, -0.2) is 60.4 Å². The second-order valence-corrected chi connectivity index (χ2v) is 12.9. The molecule has 5 unspecified atom stereocenters. The van der Waals surface area contributed by atoms with Crippen molar-refractivity contribution in [3.63, 3.8) is 0 Å². The van der Waals surface area contributed by atoms with Gasteiger partial charge in [-0.3, -0.25) is 14.4 Å². The van der Waals surface area contributed by atoms with Crippen molar-refractivity contribution >= 4 is 29.3 Å². The number of rotatable bonds is 13. The minimum absolute atomic E-state index is 0.0344. The van der Waals surface area contributed by atoms with Crippen molar-refractivity contribution in [1.29, 1.82) is 0 Å². The number of benzene rings is 3. The molecule has 0 saturated carbocycles. The van der Waals surface area contributed by atoms with Crippen LogP contribution in [-0.2, 0) is 20.9 Å². The Balaban J connectivity index is 1.33. The van der Waals surface area contributed by atoms with E-state index in [1.807, 2.05) is 91.9 Å². The Kier molecular flexibility index (Phi) is 11.9. The molecule has 0 aromatic heterocycles. The number of hydrogen-bond donors (Lipinski definition) is 4. The van der Waals surface area contributed by atoms with Gasteiger partial charge in [-0.1, -0.05) is 91.3 Å². The van der Waals surface area contributed by atoms with Crippen molar-refractivity contribution in [2.75, 3.05) is 13.6 Å². The maximum atomic E-state index is 14.5. The largest absolute Gasteiger partial charge is 0.343 e. The third-order valence-electron chi connectivity index (χ3n) is 9.53. The highest BCUT2D eigenvalue weighted by molar-refractivity contribution is 6.30. The first-order valence-electron chi connectivity index (χ1n) is 16.5. The van der Waals surface area contributed by atoms with Crippen molar-refractivity contribution in [3.8, 4) is 0 Å². The Morgan fingerprint density at radius 1 is 0.891 bits per heavy atom. The third-order valence-corrected chi connectivity index (χ3v) is 9.78. The van der Waals surface area contributed by atoms with E-state index in [9.17, 15) is 14.4 Å². The predicted molar refractivity (Wildman–Crippen MR) is 182 cm³/mol. The number of amides is 3. The van der Waals surface area contributed by atoms with Crippen molar-refractivity contribution in [2.24, 2.45) is 5.92 Å². The van der Waals surface area contributed by atoms with Crippen molar-refractivity contribution in [1.82, 2.24) is 26.2 Å². The van der Waals surface area contributed by atoms with Gasteiger partial charge in [-0.2, -0.15) is 0 Å². The van der Waals surface area contributed by atoms with Gasteiger partial charge < -0.3 is 26.2 Å². The lowest BCUT2D eigenvalue weighted by Crippen LogP contribution is -2.58. The summed E-state index contributed by atoms with van der Waals surface area (Å²) < 4.78 is 0. The number of likely N-dealkylation sites (N-methyl/N-ethyl adjacent to an activating group) is 1. The maximum Gasteiger partial charge on any atom is 0.246 e. The van der Waals surface area contributed by atoms with E-state index in [0.717, 1.165) is 42.4 Å². The molecule has 244 valence electrons. The second-order valence-electron chi connectivity index (χ2n) is 12.4. The smallest absolute Gasteiger partial charge is 0.246 e. The van der Waals surface area contributed by atoms with E-state index in [1.165, 1.54) is 0 Å². The normalized spacial score (nSPS) is 21.8. The summed E-state index contributed by atoms with van der Waals surface area (Å²) in [6.07, 6.45) is 4.29. The molecule has 2 heterocycles. The monoisotopic (exact) mass is 643 g/mol. The van der Waals surface area contributed by atoms with Gasteiger partial charge in [0.25, 0.3) is 0 Å². The Labute approximate surface area is 277 Å². The van der Waals surface area contributed by atoms with Gasteiger partial charge in [0.2, 0.25) is 17.7 Å². The summed E-state index contributed by atoms with van der Waals surface area (Å²) >= 11 is 6.03. The minimum Gasteiger partial charge on any atom is -0.343 e. The molecular formula is C37H46ClN5O3. The van der Waals surface area contributed by atoms with Gasteiger partial charge in [0, 0.05) is 17.6 Å². The van der Waals surface area contributed by atoms with Crippen LogP contribution in [0.15, 0.2) is 84.9 Å². The van der Waals surface area contributed by atoms with E-state index in [0.29, 0.717) is 31.0 Å². The molecule has 9 heteroatoms. The molecule has 0 radical (unpaired) electrons. The summed E-state index contributed by atoms with van der Waals surface area (Å²) in [4.78, 5) is 43.7. The van der Waals surface area contributed by atoms with Gasteiger partial charge in [0.1, 0.15) is 12.1 Å². The van der Waals surface area contributed by atoms with E-state index in [-0.39, 0.29) is 35.7 Å². The van der Waals surface area contributed by atoms with Crippen molar-refractivity contribution in [2.45, 2.75) is 82.2 Å². The lowest BCUT2D eigenvalue weighted by atomic mass is 9.90. The van der Waals surface area contributed by atoms with Gasteiger partial charge >= 0.3 is 0 Å². The van der Waals surface area contributed by atoms with Crippen LogP contribution in [0.2, 0.25) is 5.02 Å². The van der Waals surface area contributed by atoms with Crippen LogP contribution < -0.4 is 21.3 Å². The third kappa shape index (κ3) is 8.16. The molecule has 0 bridgehead atoms. The molecule has 0 spiro atoms. The van der Waals surface area contributed by atoms with Gasteiger partial charge in [-0.25, -0.2) is 0 Å². The molecule has 8 nitrogen and oxygen atoms in total. The summed E-state index contributed by atoms with van der Waals surface area (Å²) in [5.74, 6) is -0.560. The van der Waals surface area contributed by atoms with Crippen LogP contribution in [0.4, 0.5) is 0 Å². The Morgan fingerprint density at radius 2 is 1.52 bits per heavy atom. The first kappa shape index (κ1) is 33.6. The standard InChI is InChI=1S/C37H46ClN5O3/c1-3-31(39-2)35(44)42-34-28(22-23-40-24-25-14-17-29(38)18-15-25)16-19-30-20-21-32(43(30)37(34)46)36(45)41-33(26-10-6-4-7-11-26)27-12-8-5-9-13-27/h4-15,17-18,28,30-34,39-40H,3,16,19-24H2,1-2H3,(H,41,45)(H,42,44). The zero-order valence-corrected chi connectivity index (χ0v) is 27.5. The summed E-state index contributed by atoms with van der Waals surface area (Å²) in [5.41, 5.74) is 3.09. The van der Waals surface area contributed by atoms with Crippen LogP contribution in [0, 0.1) is 5.92 Å². The van der Waals surface area contributed by atoms with E-state index >= 15 is 0 Å². The molecule has 2 fully saturated rings. The van der Waals surface area contributed by atoms with E-state index in [2.05, 4.69) is 21.3 Å². The first-order chi connectivity index (χ1) is 22.4. The average Bonchev–Trinajstić information content (AvgIpc) is 3.47. The zero-order chi connectivity index (χ0) is 32.5. The highest BCUT2D eigenvalue weighted by Gasteiger charge is 2.47. The van der Waals surface area contributed by atoms with E-state index in [4.69, 9.17) is 11.6 Å². The molecule has 2 aliphatic heterocycles.